The van der Waals surface area contributed by atoms with Crippen molar-refractivity contribution in [3.63, 3.8) is 0 Å². The number of benzene rings is 2. The predicted octanol–water partition coefficient (Wildman–Crippen LogP) is 4.06. The summed E-state index contributed by atoms with van der Waals surface area (Å²) in [6.07, 6.45) is 6.80. The second-order valence-corrected chi connectivity index (χ2v) is 6.61. The monoisotopic (exact) mass is 466 g/mol. The highest BCUT2D eigenvalue weighted by atomic mass is 79.9. The van der Waals surface area contributed by atoms with Gasteiger partial charge in [-0.05, 0) is 67.3 Å². The number of terminal acetylenes is 1. The van der Waals surface area contributed by atoms with E-state index in [1.54, 1.807) is 24.3 Å². The molecule has 0 aliphatic heterocycles. The summed E-state index contributed by atoms with van der Waals surface area (Å²) in [5.74, 6) is 2.35. The van der Waals surface area contributed by atoms with E-state index in [1.165, 1.54) is 18.3 Å². The second-order valence-electron chi connectivity index (χ2n) is 4.90. The van der Waals surface area contributed by atoms with Crippen molar-refractivity contribution in [2.75, 3.05) is 6.61 Å². The first-order valence-electron chi connectivity index (χ1n) is 7.11. The molecule has 25 heavy (non-hydrogen) atoms. The molecule has 0 aromatic heterocycles. The van der Waals surface area contributed by atoms with E-state index in [1.807, 2.05) is 0 Å². The Hall–Kier alpha value is -2.17. The van der Waals surface area contributed by atoms with Crippen LogP contribution in [-0.2, 0) is 11.2 Å². The van der Waals surface area contributed by atoms with Gasteiger partial charge >= 0.3 is 0 Å². The Labute approximate surface area is 161 Å². The molecule has 0 atom stereocenters. The van der Waals surface area contributed by atoms with E-state index in [-0.39, 0.29) is 24.8 Å². The zero-order valence-corrected chi connectivity index (χ0v) is 16.1. The third-order valence-corrected chi connectivity index (χ3v) is 4.18. The molecular weight excluding hydrogens is 455 g/mol. The highest BCUT2D eigenvalue weighted by Gasteiger charge is 2.08. The molecule has 0 unspecified atom stereocenters. The van der Waals surface area contributed by atoms with Crippen molar-refractivity contribution in [1.29, 1.82) is 0 Å². The zero-order chi connectivity index (χ0) is 18.2. The number of ether oxygens (including phenoxy) is 1. The summed E-state index contributed by atoms with van der Waals surface area (Å²) < 4.78 is 19.7. The fraction of sp³-hybridized carbons (Fsp3) is 0.111. The van der Waals surface area contributed by atoms with E-state index >= 15 is 0 Å². The maximum atomic E-state index is 12.8. The predicted molar refractivity (Wildman–Crippen MR) is 102 cm³/mol. The van der Waals surface area contributed by atoms with Gasteiger partial charge in [-0.25, -0.2) is 9.82 Å². The van der Waals surface area contributed by atoms with Crippen LogP contribution in [-0.4, -0.2) is 18.7 Å². The number of hydrazone groups is 1. The van der Waals surface area contributed by atoms with Gasteiger partial charge in [-0.15, -0.1) is 6.42 Å². The van der Waals surface area contributed by atoms with Crippen molar-refractivity contribution in [1.82, 2.24) is 5.43 Å². The smallest absolute Gasteiger partial charge is 0.244 e. The summed E-state index contributed by atoms with van der Waals surface area (Å²) in [5, 5.41) is 3.92. The Balaban J connectivity index is 1.96. The standard InChI is InChI=1S/C18H13Br2FN2O2/c1-2-7-25-18-15(19)8-13(9-16(18)20)11-22-23-17(24)10-12-3-5-14(21)6-4-12/h1,3-6,8-9,11H,7,10H2,(H,23,24)/b22-11+. The highest BCUT2D eigenvalue weighted by molar-refractivity contribution is 9.11. The molecule has 7 heteroatoms. The van der Waals surface area contributed by atoms with Crippen molar-refractivity contribution in [2.45, 2.75) is 6.42 Å². The summed E-state index contributed by atoms with van der Waals surface area (Å²) in [7, 11) is 0. The topological polar surface area (TPSA) is 50.7 Å². The van der Waals surface area contributed by atoms with Gasteiger partial charge < -0.3 is 4.74 Å². The summed E-state index contributed by atoms with van der Waals surface area (Å²) in [5.41, 5.74) is 3.88. The normalized spacial score (nSPS) is 10.5. The van der Waals surface area contributed by atoms with Gasteiger partial charge in [-0.3, -0.25) is 4.79 Å². The van der Waals surface area contributed by atoms with Crippen LogP contribution in [0.4, 0.5) is 4.39 Å². The van der Waals surface area contributed by atoms with Crippen molar-refractivity contribution in [2.24, 2.45) is 5.10 Å². The van der Waals surface area contributed by atoms with Crippen LogP contribution in [0, 0.1) is 18.2 Å². The maximum absolute atomic E-state index is 12.8. The van der Waals surface area contributed by atoms with Gasteiger partial charge in [0.1, 0.15) is 18.2 Å². The van der Waals surface area contributed by atoms with Gasteiger partial charge in [0.15, 0.2) is 0 Å². The fourth-order valence-corrected chi connectivity index (χ4v) is 3.36. The molecule has 0 fully saturated rings. The van der Waals surface area contributed by atoms with Crippen molar-refractivity contribution in [3.8, 4) is 18.1 Å². The molecule has 0 spiro atoms. The number of nitrogens with one attached hydrogen (secondary N) is 1. The molecule has 1 amide bonds. The van der Waals surface area contributed by atoms with E-state index in [4.69, 9.17) is 11.2 Å². The molecular formula is C18H13Br2FN2O2. The number of rotatable bonds is 6. The molecule has 4 nitrogen and oxygen atoms in total. The number of carbonyl (C=O) groups excluding carboxylic acids is 1. The van der Waals surface area contributed by atoms with Crippen molar-refractivity contribution in [3.05, 3.63) is 62.3 Å². The zero-order valence-electron chi connectivity index (χ0n) is 12.9. The van der Waals surface area contributed by atoms with E-state index in [0.717, 1.165) is 5.56 Å². The Kier molecular flexibility index (Phi) is 7.16. The lowest BCUT2D eigenvalue weighted by atomic mass is 10.1. The first-order valence-corrected chi connectivity index (χ1v) is 8.70. The molecule has 2 rings (SSSR count). The third-order valence-electron chi connectivity index (χ3n) is 3.00. The first-order chi connectivity index (χ1) is 12.0. The largest absolute Gasteiger partial charge is 0.479 e. The summed E-state index contributed by atoms with van der Waals surface area (Å²) >= 11 is 6.79. The van der Waals surface area contributed by atoms with Crippen LogP contribution < -0.4 is 10.2 Å². The molecule has 0 aliphatic carbocycles. The van der Waals surface area contributed by atoms with E-state index < -0.39 is 0 Å². The second kappa shape index (κ2) is 9.35. The van der Waals surface area contributed by atoms with Gasteiger partial charge in [0, 0.05) is 0 Å². The molecule has 1 N–H and O–H groups in total. The average Bonchev–Trinajstić information content (AvgIpc) is 2.56. The van der Waals surface area contributed by atoms with Crippen molar-refractivity contribution >= 4 is 44.0 Å². The summed E-state index contributed by atoms with van der Waals surface area (Å²) in [6, 6.07) is 9.30. The summed E-state index contributed by atoms with van der Waals surface area (Å²) in [6.45, 7) is 0.157. The van der Waals surface area contributed by atoms with Crippen LogP contribution in [0.25, 0.3) is 0 Å². The maximum Gasteiger partial charge on any atom is 0.244 e. The number of halogens is 3. The number of hydrogen-bond acceptors (Lipinski definition) is 3. The number of carbonyl (C=O) groups is 1. The van der Waals surface area contributed by atoms with E-state index in [0.29, 0.717) is 20.3 Å². The Bertz CT molecular complexity index is 807. The van der Waals surface area contributed by atoms with Gasteiger partial charge in [-0.2, -0.15) is 5.10 Å². The number of nitrogens with zero attached hydrogens (tertiary/aromatic N) is 1. The van der Waals surface area contributed by atoms with Gasteiger partial charge in [0.05, 0.1) is 21.6 Å². The fourth-order valence-electron chi connectivity index (χ4n) is 1.91. The van der Waals surface area contributed by atoms with Crippen molar-refractivity contribution < 1.29 is 13.9 Å². The molecule has 2 aromatic carbocycles. The van der Waals surface area contributed by atoms with Crippen LogP contribution in [0.2, 0.25) is 0 Å². The lowest BCUT2D eigenvalue weighted by Gasteiger charge is -2.08. The van der Waals surface area contributed by atoms with E-state index in [2.05, 4.69) is 48.3 Å². The quantitative estimate of drug-likeness (QED) is 0.395. The van der Waals surface area contributed by atoms with E-state index in [9.17, 15) is 9.18 Å². The number of amides is 1. The van der Waals surface area contributed by atoms with Gasteiger partial charge in [-0.1, -0.05) is 18.1 Å². The molecule has 0 bridgehead atoms. The molecule has 0 aliphatic rings. The Morgan fingerprint density at radius 3 is 2.52 bits per heavy atom. The average molecular weight is 468 g/mol. The molecule has 2 aromatic rings. The molecule has 0 heterocycles. The Morgan fingerprint density at radius 2 is 1.92 bits per heavy atom. The SMILES string of the molecule is C#CCOc1c(Br)cc(/C=N/NC(=O)Cc2ccc(F)cc2)cc1Br. The molecule has 128 valence electrons. The first kappa shape index (κ1) is 19.2. The minimum absolute atomic E-state index is 0.115. The van der Waals surface area contributed by atoms with Crippen LogP contribution in [0.3, 0.4) is 0 Å². The number of hydrogen-bond donors (Lipinski definition) is 1. The van der Waals surface area contributed by atoms with Gasteiger partial charge in [0.2, 0.25) is 5.91 Å². The van der Waals surface area contributed by atoms with Crippen LogP contribution in [0.5, 0.6) is 5.75 Å². The van der Waals surface area contributed by atoms with Gasteiger partial charge in [0.25, 0.3) is 0 Å². The highest BCUT2D eigenvalue weighted by Crippen LogP contribution is 2.34. The van der Waals surface area contributed by atoms with Crippen LogP contribution in [0.15, 0.2) is 50.4 Å². The summed E-state index contributed by atoms with van der Waals surface area (Å²) in [4.78, 5) is 11.8. The minimum Gasteiger partial charge on any atom is -0.479 e. The third kappa shape index (κ3) is 6.00. The van der Waals surface area contributed by atoms with Crippen LogP contribution >= 0.6 is 31.9 Å². The Morgan fingerprint density at radius 1 is 1.28 bits per heavy atom. The lowest BCUT2D eigenvalue weighted by molar-refractivity contribution is -0.120. The molecule has 0 radical (unpaired) electrons. The lowest BCUT2D eigenvalue weighted by Crippen LogP contribution is -2.19. The molecule has 0 saturated carbocycles. The van der Waals surface area contributed by atoms with Crippen LogP contribution in [0.1, 0.15) is 11.1 Å². The molecule has 0 saturated heterocycles. The minimum atomic E-state index is -0.340.